The molecule has 0 amide bonds. The summed E-state index contributed by atoms with van der Waals surface area (Å²) in [5, 5.41) is 0.680. The molecule has 1 heterocycles. The fourth-order valence-electron chi connectivity index (χ4n) is 1.85. The average molecular weight is 294 g/mol. The number of aromatic nitrogens is 1. The molecule has 0 fully saturated rings. The summed E-state index contributed by atoms with van der Waals surface area (Å²) in [5.74, 6) is 0. The molecule has 0 aliphatic heterocycles. The van der Waals surface area contributed by atoms with Crippen LogP contribution in [0.1, 0.15) is 5.56 Å². The van der Waals surface area contributed by atoms with Crippen molar-refractivity contribution in [2.75, 3.05) is 5.73 Å². The van der Waals surface area contributed by atoms with Crippen molar-refractivity contribution in [2.45, 2.75) is 6.18 Å². The summed E-state index contributed by atoms with van der Waals surface area (Å²) in [7, 11) is 0. The molecule has 20 heavy (non-hydrogen) atoms. The first-order valence-corrected chi connectivity index (χ1v) is 6.59. The molecule has 0 aliphatic rings. The minimum Gasteiger partial charge on any atom is -0.399 e. The standard InChI is InChI=1S/C14H9F3N2S/c15-14(16,17)9-3-6-11-12(7-9)20-13(19-11)8-1-4-10(18)5-2-8/h1-7H,18H2. The molecule has 0 saturated heterocycles. The Balaban J connectivity index is 2.09. The predicted octanol–water partition coefficient (Wildman–Crippen LogP) is 4.56. The smallest absolute Gasteiger partial charge is 0.399 e. The van der Waals surface area contributed by atoms with Crippen LogP contribution < -0.4 is 5.73 Å². The van der Waals surface area contributed by atoms with Crippen LogP contribution in [-0.4, -0.2) is 4.98 Å². The van der Waals surface area contributed by atoms with E-state index >= 15 is 0 Å². The van der Waals surface area contributed by atoms with Gasteiger partial charge in [-0.2, -0.15) is 13.2 Å². The van der Waals surface area contributed by atoms with Gasteiger partial charge in [-0.3, -0.25) is 0 Å². The van der Waals surface area contributed by atoms with Gasteiger partial charge in [0.1, 0.15) is 5.01 Å². The van der Waals surface area contributed by atoms with E-state index in [1.165, 1.54) is 17.4 Å². The molecule has 0 atom stereocenters. The van der Waals surface area contributed by atoms with Gasteiger partial charge in [-0.05, 0) is 42.5 Å². The lowest BCUT2D eigenvalue weighted by atomic mass is 10.2. The molecule has 3 aromatic rings. The number of nitrogen functional groups attached to an aromatic ring is 1. The minimum atomic E-state index is -4.33. The molecule has 0 bridgehead atoms. The highest BCUT2D eigenvalue weighted by molar-refractivity contribution is 7.21. The number of alkyl halides is 3. The van der Waals surface area contributed by atoms with E-state index in [4.69, 9.17) is 5.73 Å². The molecule has 0 spiro atoms. The van der Waals surface area contributed by atoms with Crippen molar-refractivity contribution >= 4 is 27.2 Å². The van der Waals surface area contributed by atoms with Gasteiger partial charge in [0.2, 0.25) is 0 Å². The van der Waals surface area contributed by atoms with E-state index in [2.05, 4.69) is 4.98 Å². The van der Waals surface area contributed by atoms with Crippen LogP contribution in [0.5, 0.6) is 0 Å². The van der Waals surface area contributed by atoms with Crippen molar-refractivity contribution in [1.82, 2.24) is 4.98 Å². The molecule has 2 aromatic carbocycles. The van der Waals surface area contributed by atoms with E-state index in [0.717, 1.165) is 17.7 Å². The Morgan fingerprint density at radius 2 is 1.70 bits per heavy atom. The van der Waals surface area contributed by atoms with Gasteiger partial charge in [-0.25, -0.2) is 4.98 Å². The first-order chi connectivity index (χ1) is 9.43. The zero-order valence-electron chi connectivity index (χ0n) is 10.1. The fourth-order valence-corrected chi connectivity index (χ4v) is 2.86. The highest BCUT2D eigenvalue weighted by Gasteiger charge is 2.30. The Morgan fingerprint density at radius 3 is 2.35 bits per heavy atom. The quantitative estimate of drug-likeness (QED) is 0.668. The van der Waals surface area contributed by atoms with E-state index in [0.29, 0.717) is 20.9 Å². The largest absolute Gasteiger partial charge is 0.416 e. The van der Waals surface area contributed by atoms with Crippen LogP contribution in [0.15, 0.2) is 42.5 Å². The van der Waals surface area contributed by atoms with E-state index in [-0.39, 0.29) is 0 Å². The lowest BCUT2D eigenvalue weighted by molar-refractivity contribution is -0.137. The van der Waals surface area contributed by atoms with Crippen molar-refractivity contribution in [3.63, 3.8) is 0 Å². The van der Waals surface area contributed by atoms with Gasteiger partial charge < -0.3 is 5.73 Å². The Bertz CT molecular complexity index is 760. The molecule has 6 heteroatoms. The number of rotatable bonds is 1. The Hall–Kier alpha value is -2.08. The molecule has 0 saturated carbocycles. The highest BCUT2D eigenvalue weighted by Crippen LogP contribution is 2.35. The summed E-state index contributed by atoms with van der Waals surface area (Å²) < 4.78 is 38.5. The van der Waals surface area contributed by atoms with Crippen LogP contribution in [0.4, 0.5) is 18.9 Å². The minimum absolute atomic E-state index is 0.520. The second-order valence-electron chi connectivity index (χ2n) is 4.32. The maximum Gasteiger partial charge on any atom is 0.416 e. The maximum atomic E-state index is 12.7. The molecule has 0 radical (unpaired) electrons. The number of halogens is 3. The van der Waals surface area contributed by atoms with Crippen LogP contribution in [-0.2, 0) is 6.18 Å². The summed E-state index contributed by atoms with van der Waals surface area (Å²) in [6.07, 6.45) is -4.33. The zero-order valence-corrected chi connectivity index (χ0v) is 10.9. The average Bonchev–Trinajstić information content (AvgIpc) is 2.81. The normalized spacial score (nSPS) is 11.9. The van der Waals surface area contributed by atoms with E-state index < -0.39 is 11.7 Å². The number of fused-ring (bicyclic) bond motifs is 1. The van der Waals surface area contributed by atoms with Gasteiger partial charge in [0, 0.05) is 11.3 Å². The number of hydrogen-bond donors (Lipinski definition) is 1. The van der Waals surface area contributed by atoms with Crippen molar-refractivity contribution in [2.24, 2.45) is 0 Å². The molecule has 102 valence electrons. The van der Waals surface area contributed by atoms with Crippen molar-refractivity contribution in [3.8, 4) is 10.6 Å². The van der Waals surface area contributed by atoms with E-state index in [1.54, 1.807) is 24.3 Å². The third-order valence-corrected chi connectivity index (χ3v) is 3.94. The monoisotopic (exact) mass is 294 g/mol. The molecule has 3 rings (SSSR count). The third kappa shape index (κ3) is 2.34. The molecule has 2 N–H and O–H groups in total. The fraction of sp³-hybridized carbons (Fsp3) is 0.0714. The van der Waals surface area contributed by atoms with Crippen LogP contribution in [0.25, 0.3) is 20.8 Å². The first-order valence-electron chi connectivity index (χ1n) is 5.77. The molecule has 1 aromatic heterocycles. The van der Waals surface area contributed by atoms with Gasteiger partial charge in [-0.1, -0.05) is 0 Å². The first kappa shape index (κ1) is 12.9. The number of nitrogens with zero attached hydrogens (tertiary/aromatic N) is 1. The highest BCUT2D eigenvalue weighted by atomic mass is 32.1. The SMILES string of the molecule is Nc1ccc(-c2nc3ccc(C(F)(F)F)cc3s2)cc1. The summed E-state index contributed by atoms with van der Waals surface area (Å²) >= 11 is 1.23. The second-order valence-corrected chi connectivity index (χ2v) is 5.35. The molecule has 0 unspecified atom stereocenters. The van der Waals surface area contributed by atoms with E-state index in [9.17, 15) is 13.2 Å². The van der Waals surface area contributed by atoms with Crippen LogP contribution in [0.3, 0.4) is 0 Å². The van der Waals surface area contributed by atoms with Gasteiger partial charge >= 0.3 is 6.18 Å². The summed E-state index contributed by atoms with van der Waals surface area (Å²) in [6.45, 7) is 0. The molecule has 0 aliphatic carbocycles. The summed E-state index contributed by atoms with van der Waals surface area (Å²) in [4.78, 5) is 4.35. The third-order valence-electron chi connectivity index (χ3n) is 2.87. The van der Waals surface area contributed by atoms with Gasteiger partial charge in [-0.15, -0.1) is 11.3 Å². The maximum absolute atomic E-state index is 12.7. The molecular weight excluding hydrogens is 285 g/mol. The lowest BCUT2D eigenvalue weighted by Crippen LogP contribution is -2.03. The van der Waals surface area contributed by atoms with Crippen LogP contribution in [0, 0.1) is 0 Å². The number of thiazole rings is 1. The lowest BCUT2D eigenvalue weighted by Gasteiger charge is -2.04. The van der Waals surface area contributed by atoms with Crippen LogP contribution >= 0.6 is 11.3 Å². The Kier molecular flexibility index (Phi) is 2.90. The Labute approximate surface area is 116 Å². The Morgan fingerprint density at radius 1 is 1.00 bits per heavy atom. The number of nitrogens with two attached hydrogens (primary N) is 1. The van der Waals surface area contributed by atoms with Gasteiger partial charge in [0.15, 0.2) is 0 Å². The van der Waals surface area contributed by atoms with Crippen molar-refractivity contribution < 1.29 is 13.2 Å². The number of benzene rings is 2. The predicted molar refractivity (Wildman–Crippen MR) is 74.5 cm³/mol. The van der Waals surface area contributed by atoms with E-state index in [1.807, 2.05) is 0 Å². The van der Waals surface area contributed by atoms with Crippen LogP contribution in [0.2, 0.25) is 0 Å². The van der Waals surface area contributed by atoms with Gasteiger partial charge in [0.05, 0.1) is 15.8 Å². The number of anilines is 1. The second kappa shape index (κ2) is 4.49. The van der Waals surface area contributed by atoms with Crippen molar-refractivity contribution in [1.29, 1.82) is 0 Å². The molecule has 2 nitrogen and oxygen atoms in total. The zero-order chi connectivity index (χ0) is 14.3. The molecular formula is C14H9F3N2S. The van der Waals surface area contributed by atoms with Gasteiger partial charge in [0.25, 0.3) is 0 Å². The number of hydrogen-bond acceptors (Lipinski definition) is 3. The summed E-state index contributed by atoms with van der Waals surface area (Å²) in [5.41, 5.74) is 6.99. The topological polar surface area (TPSA) is 38.9 Å². The van der Waals surface area contributed by atoms with Crippen molar-refractivity contribution in [3.05, 3.63) is 48.0 Å². The summed E-state index contributed by atoms with van der Waals surface area (Å²) in [6, 6.07) is 10.7.